The van der Waals surface area contributed by atoms with E-state index in [2.05, 4.69) is 26.1 Å². The number of hydrogen-bond acceptors (Lipinski definition) is 3. The molecule has 0 bridgehead atoms. The van der Waals surface area contributed by atoms with Gasteiger partial charge in [-0.15, -0.1) is 0 Å². The zero-order valence-electron chi connectivity index (χ0n) is 14.0. The summed E-state index contributed by atoms with van der Waals surface area (Å²) in [5.74, 6) is 0.623. The van der Waals surface area contributed by atoms with Crippen LogP contribution in [0.4, 0.5) is 0 Å². The quantitative estimate of drug-likeness (QED) is 0.755. The summed E-state index contributed by atoms with van der Waals surface area (Å²) in [5.41, 5.74) is 5.24. The number of carbonyl (C=O) groups excluding carboxylic acids is 1. The summed E-state index contributed by atoms with van der Waals surface area (Å²) >= 11 is 0. The van der Waals surface area contributed by atoms with Gasteiger partial charge in [-0.3, -0.25) is 4.79 Å². The Hall–Kier alpha value is -0.610. The first kappa shape index (κ1) is 17.4. The maximum atomic E-state index is 12.5. The van der Waals surface area contributed by atoms with Crippen molar-refractivity contribution in [2.45, 2.75) is 78.5 Å². The van der Waals surface area contributed by atoms with Crippen molar-refractivity contribution >= 4 is 5.91 Å². The summed E-state index contributed by atoms with van der Waals surface area (Å²) in [6, 6.07) is 0.173. The largest absolute Gasteiger partial charge is 0.378 e. The molecule has 4 heteroatoms. The number of nitrogens with one attached hydrogen (secondary N) is 1. The van der Waals surface area contributed by atoms with E-state index < -0.39 is 5.54 Å². The van der Waals surface area contributed by atoms with Crippen molar-refractivity contribution in [1.29, 1.82) is 0 Å². The predicted molar refractivity (Wildman–Crippen MR) is 82.4 cm³/mol. The summed E-state index contributed by atoms with van der Waals surface area (Å²) in [6.45, 7) is 13.1. The fraction of sp³-hybridized carbons (Fsp3) is 0.938. The standard InChI is InChI=1S/C16H32N2O2/c1-7-20-13-10-16(17,15(13,5)6)14(19)18-12(4)9-8-11(2)3/h11-13H,7-10,17H2,1-6H3,(H,18,19). The van der Waals surface area contributed by atoms with Gasteiger partial charge < -0.3 is 15.8 Å². The molecule has 3 N–H and O–H groups in total. The van der Waals surface area contributed by atoms with E-state index in [1.165, 1.54) is 0 Å². The highest BCUT2D eigenvalue weighted by molar-refractivity contribution is 5.89. The highest BCUT2D eigenvalue weighted by Gasteiger charge is 2.62. The van der Waals surface area contributed by atoms with Crippen LogP contribution in [0.2, 0.25) is 0 Å². The van der Waals surface area contributed by atoms with E-state index >= 15 is 0 Å². The SMILES string of the molecule is CCOC1CC(N)(C(=O)NC(C)CCC(C)C)C1(C)C. The smallest absolute Gasteiger partial charge is 0.241 e. The molecule has 0 aromatic heterocycles. The average molecular weight is 284 g/mol. The third-order valence-corrected chi connectivity index (χ3v) is 4.79. The van der Waals surface area contributed by atoms with Crippen LogP contribution in [0, 0.1) is 11.3 Å². The average Bonchev–Trinajstić information content (AvgIpc) is 2.35. The topological polar surface area (TPSA) is 64.3 Å². The second kappa shape index (κ2) is 6.44. The fourth-order valence-corrected chi connectivity index (χ4v) is 2.83. The lowest BCUT2D eigenvalue weighted by atomic mass is 9.54. The number of carbonyl (C=O) groups is 1. The lowest BCUT2D eigenvalue weighted by Crippen LogP contribution is -2.76. The van der Waals surface area contributed by atoms with Crippen molar-refractivity contribution in [2.24, 2.45) is 17.1 Å². The third-order valence-electron chi connectivity index (χ3n) is 4.79. The van der Waals surface area contributed by atoms with Crippen molar-refractivity contribution in [2.75, 3.05) is 6.61 Å². The van der Waals surface area contributed by atoms with Crippen molar-refractivity contribution in [3.8, 4) is 0 Å². The van der Waals surface area contributed by atoms with Gasteiger partial charge in [0, 0.05) is 24.5 Å². The van der Waals surface area contributed by atoms with Gasteiger partial charge in [0.15, 0.2) is 0 Å². The van der Waals surface area contributed by atoms with E-state index in [1.807, 2.05) is 20.8 Å². The van der Waals surface area contributed by atoms with Crippen LogP contribution in [0.5, 0.6) is 0 Å². The minimum Gasteiger partial charge on any atom is -0.378 e. The van der Waals surface area contributed by atoms with E-state index in [4.69, 9.17) is 10.5 Å². The molecule has 1 amide bonds. The van der Waals surface area contributed by atoms with Crippen LogP contribution < -0.4 is 11.1 Å². The van der Waals surface area contributed by atoms with Gasteiger partial charge in [0.2, 0.25) is 5.91 Å². The minimum atomic E-state index is -0.807. The van der Waals surface area contributed by atoms with Gasteiger partial charge in [-0.2, -0.15) is 0 Å². The summed E-state index contributed by atoms with van der Waals surface area (Å²) in [5, 5.41) is 3.08. The van der Waals surface area contributed by atoms with E-state index in [-0.39, 0.29) is 23.5 Å². The molecule has 0 saturated heterocycles. The molecule has 0 aromatic carbocycles. The first-order valence-electron chi connectivity index (χ1n) is 7.86. The van der Waals surface area contributed by atoms with Gasteiger partial charge in [-0.05, 0) is 32.6 Å². The van der Waals surface area contributed by atoms with E-state index in [0.29, 0.717) is 18.9 Å². The number of ether oxygens (including phenoxy) is 1. The Kier molecular flexibility index (Phi) is 5.61. The molecule has 0 spiro atoms. The number of hydrogen-bond donors (Lipinski definition) is 2. The molecule has 4 nitrogen and oxygen atoms in total. The monoisotopic (exact) mass is 284 g/mol. The van der Waals surface area contributed by atoms with Crippen LogP contribution in [-0.4, -0.2) is 30.2 Å². The lowest BCUT2D eigenvalue weighted by molar-refractivity contribution is -0.171. The first-order chi connectivity index (χ1) is 9.15. The Balaban J connectivity index is 2.55. The Morgan fingerprint density at radius 2 is 1.95 bits per heavy atom. The van der Waals surface area contributed by atoms with Gasteiger partial charge in [0.05, 0.1) is 6.10 Å². The Morgan fingerprint density at radius 3 is 2.40 bits per heavy atom. The molecule has 1 fully saturated rings. The maximum Gasteiger partial charge on any atom is 0.241 e. The zero-order valence-corrected chi connectivity index (χ0v) is 14.0. The van der Waals surface area contributed by atoms with Gasteiger partial charge in [-0.1, -0.05) is 27.7 Å². The normalized spacial score (nSPS) is 29.9. The molecule has 1 aliphatic carbocycles. The fourth-order valence-electron chi connectivity index (χ4n) is 2.83. The van der Waals surface area contributed by atoms with Crippen LogP contribution in [0.3, 0.4) is 0 Å². The molecule has 0 radical (unpaired) electrons. The molecule has 1 aliphatic rings. The molecular weight excluding hydrogens is 252 g/mol. The van der Waals surface area contributed by atoms with E-state index in [1.54, 1.807) is 0 Å². The van der Waals surface area contributed by atoms with Crippen molar-refractivity contribution in [3.05, 3.63) is 0 Å². The van der Waals surface area contributed by atoms with Crippen molar-refractivity contribution < 1.29 is 9.53 Å². The maximum absolute atomic E-state index is 12.5. The van der Waals surface area contributed by atoms with Crippen LogP contribution in [-0.2, 0) is 9.53 Å². The number of nitrogens with two attached hydrogens (primary N) is 1. The Labute approximate surface area is 123 Å². The minimum absolute atomic E-state index is 0.0327. The summed E-state index contributed by atoms with van der Waals surface area (Å²) < 4.78 is 5.66. The van der Waals surface area contributed by atoms with Crippen LogP contribution in [0.25, 0.3) is 0 Å². The molecule has 118 valence electrons. The summed E-state index contributed by atoms with van der Waals surface area (Å²) in [4.78, 5) is 12.5. The highest BCUT2D eigenvalue weighted by Crippen LogP contribution is 2.49. The second-order valence-electron chi connectivity index (χ2n) is 7.19. The molecule has 0 aromatic rings. The zero-order chi connectivity index (χ0) is 15.6. The van der Waals surface area contributed by atoms with Gasteiger partial charge >= 0.3 is 0 Å². The number of amides is 1. The van der Waals surface area contributed by atoms with Crippen LogP contribution >= 0.6 is 0 Å². The van der Waals surface area contributed by atoms with Crippen LogP contribution in [0.15, 0.2) is 0 Å². The second-order valence-corrected chi connectivity index (χ2v) is 7.19. The molecule has 0 heterocycles. The molecule has 0 aliphatic heterocycles. The first-order valence-corrected chi connectivity index (χ1v) is 7.86. The molecule has 1 saturated carbocycles. The highest BCUT2D eigenvalue weighted by atomic mass is 16.5. The van der Waals surface area contributed by atoms with Crippen molar-refractivity contribution in [1.82, 2.24) is 5.32 Å². The van der Waals surface area contributed by atoms with Gasteiger partial charge in [0.1, 0.15) is 5.54 Å². The Morgan fingerprint density at radius 1 is 1.35 bits per heavy atom. The molecule has 3 unspecified atom stereocenters. The van der Waals surface area contributed by atoms with E-state index in [0.717, 1.165) is 12.8 Å². The van der Waals surface area contributed by atoms with Gasteiger partial charge in [0.25, 0.3) is 0 Å². The van der Waals surface area contributed by atoms with Crippen LogP contribution in [0.1, 0.15) is 60.8 Å². The molecule has 1 rings (SSSR count). The molecular formula is C16H32N2O2. The summed E-state index contributed by atoms with van der Waals surface area (Å²) in [7, 11) is 0. The van der Waals surface area contributed by atoms with Gasteiger partial charge in [-0.25, -0.2) is 0 Å². The lowest BCUT2D eigenvalue weighted by Gasteiger charge is -2.57. The Bertz CT molecular complexity index is 341. The third kappa shape index (κ3) is 3.34. The molecule has 20 heavy (non-hydrogen) atoms. The summed E-state index contributed by atoms with van der Waals surface area (Å²) in [6.07, 6.45) is 2.80. The number of rotatable bonds is 7. The van der Waals surface area contributed by atoms with Crippen molar-refractivity contribution in [3.63, 3.8) is 0 Å². The molecule has 3 atom stereocenters. The predicted octanol–water partition coefficient (Wildman–Crippen LogP) is 2.46. The van der Waals surface area contributed by atoms with E-state index in [9.17, 15) is 4.79 Å².